The summed E-state index contributed by atoms with van der Waals surface area (Å²) in [5, 5.41) is 3.31. The number of benzene rings is 1. The Morgan fingerprint density at radius 2 is 2.16 bits per heavy atom. The average molecular weight is 259 g/mol. The summed E-state index contributed by atoms with van der Waals surface area (Å²) < 4.78 is 0. The van der Waals surface area contributed by atoms with Crippen LogP contribution in [0.4, 0.5) is 11.4 Å². The van der Waals surface area contributed by atoms with Crippen molar-refractivity contribution in [3.05, 3.63) is 35.4 Å². The lowest BCUT2D eigenvalue weighted by molar-refractivity contribution is 0.100. The van der Waals surface area contributed by atoms with Gasteiger partial charge < -0.3 is 16.8 Å². The molecule has 1 aromatic carbocycles. The Morgan fingerprint density at radius 3 is 2.79 bits per heavy atom. The first kappa shape index (κ1) is 13.5. The van der Waals surface area contributed by atoms with Gasteiger partial charge in [0, 0.05) is 12.1 Å². The van der Waals surface area contributed by atoms with Crippen molar-refractivity contribution < 1.29 is 4.79 Å². The molecule has 0 unspecified atom stereocenters. The lowest BCUT2D eigenvalue weighted by Crippen LogP contribution is -2.12. The second-order valence-corrected chi connectivity index (χ2v) is 4.95. The largest absolute Gasteiger partial charge is 0.397 e. The monoisotopic (exact) mass is 259 g/mol. The molecule has 0 bridgehead atoms. The third-order valence-corrected chi connectivity index (χ3v) is 3.48. The minimum Gasteiger partial charge on any atom is -0.397 e. The topological polar surface area (TPSA) is 81.1 Å². The standard InChI is InChI=1S/C15H21N3O/c16-13-10-12(15(17)19)6-7-14(13)18-9-8-11-4-2-1-3-5-11/h4,6-7,10,18H,1-3,5,8-9,16H2,(H2,17,19). The molecule has 5 N–H and O–H groups in total. The van der Waals surface area contributed by atoms with E-state index in [4.69, 9.17) is 11.5 Å². The van der Waals surface area contributed by atoms with Crippen molar-refractivity contribution in [2.24, 2.45) is 5.73 Å². The van der Waals surface area contributed by atoms with Crippen molar-refractivity contribution in [3.63, 3.8) is 0 Å². The molecular formula is C15H21N3O. The molecule has 4 heteroatoms. The minimum absolute atomic E-state index is 0.443. The Balaban J connectivity index is 1.89. The Morgan fingerprint density at radius 1 is 1.32 bits per heavy atom. The van der Waals surface area contributed by atoms with Gasteiger partial charge in [-0.05, 0) is 50.3 Å². The van der Waals surface area contributed by atoms with Gasteiger partial charge in [-0.15, -0.1) is 0 Å². The second-order valence-electron chi connectivity index (χ2n) is 4.95. The molecule has 0 heterocycles. The number of carbonyl (C=O) groups excluding carboxylic acids is 1. The predicted molar refractivity (Wildman–Crippen MR) is 79.0 cm³/mol. The molecule has 1 amide bonds. The summed E-state index contributed by atoms with van der Waals surface area (Å²) in [6.45, 7) is 0.867. The van der Waals surface area contributed by atoms with Gasteiger partial charge in [0.25, 0.3) is 0 Å². The molecular weight excluding hydrogens is 238 g/mol. The minimum atomic E-state index is -0.453. The Labute approximate surface area is 113 Å². The van der Waals surface area contributed by atoms with Crippen LogP contribution in [0, 0.1) is 0 Å². The molecule has 0 aromatic heterocycles. The van der Waals surface area contributed by atoms with Crippen molar-refractivity contribution >= 4 is 17.3 Å². The molecule has 0 saturated carbocycles. The average Bonchev–Trinajstić information content (AvgIpc) is 2.41. The zero-order chi connectivity index (χ0) is 13.7. The Bertz CT molecular complexity index is 494. The number of hydrogen-bond acceptors (Lipinski definition) is 3. The van der Waals surface area contributed by atoms with E-state index in [2.05, 4.69) is 11.4 Å². The third-order valence-electron chi connectivity index (χ3n) is 3.48. The van der Waals surface area contributed by atoms with Gasteiger partial charge in [-0.1, -0.05) is 11.6 Å². The number of carbonyl (C=O) groups is 1. The molecule has 2 rings (SSSR count). The van der Waals surface area contributed by atoms with Gasteiger partial charge in [-0.2, -0.15) is 0 Å². The second kappa shape index (κ2) is 6.27. The van der Waals surface area contributed by atoms with Gasteiger partial charge in [0.2, 0.25) is 5.91 Å². The van der Waals surface area contributed by atoms with Crippen molar-refractivity contribution in [2.75, 3.05) is 17.6 Å². The van der Waals surface area contributed by atoms with E-state index in [0.717, 1.165) is 18.7 Å². The van der Waals surface area contributed by atoms with Crippen LogP contribution in [0.3, 0.4) is 0 Å². The fourth-order valence-corrected chi connectivity index (χ4v) is 2.37. The Kier molecular flexibility index (Phi) is 4.44. The van der Waals surface area contributed by atoms with Crippen LogP contribution in [-0.2, 0) is 0 Å². The molecule has 1 aliphatic rings. The first-order valence-electron chi connectivity index (χ1n) is 6.78. The molecule has 0 atom stereocenters. The number of allylic oxidation sites excluding steroid dienone is 1. The number of nitrogens with one attached hydrogen (secondary N) is 1. The normalized spacial score (nSPS) is 14.8. The van der Waals surface area contributed by atoms with E-state index in [0.29, 0.717) is 11.3 Å². The van der Waals surface area contributed by atoms with E-state index in [1.54, 1.807) is 12.1 Å². The number of nitrogens with two attached hydrogens (primary N) is 2. The van der Waals surface area contributed by atoms with Gasteiger partial charge in [0.15, 0.2) is 0 Å². The number of primary amides is 1. The zero-order valence-corrected chi connectivity index (χ0v) is 11.1. The van der Waals surface area contributed by atoms with E-state index < -0.39 is 5.91 Å². The van der Waals surface area contributed by atoms with E-state index in [9.17, 15) is 4.79 Å². The number of amides is 1. The summed E-state index contributed by atoms with van der Waals surface area (Å²) in [6.07, 6.45) is 8.46. The van der Waals surface area contributed by atoms with Crippen LogP contribution in [0.1, 0.15) is 42.5 Å². The molecule has 102 valence electrons. The predicted octanol–water partition coefficient (Wildman–Crippen LogP) is 2.67. The summed E-state index contributed by atoms with van der Waals surface area (Å²) in [5.41, 5.74) is 14.5. The summed E-state index contributed by atoms with van der Waals surface area (Å²) in [7, 11) is 0. The van der Waals surface area contributed by atoms with Crippen LogP contribution in [0.25, 0.3) is 0 Å². The fraction of sp³-hybridized carbons (Fsp3) is 0.400. The van der Waals surface area contributed by atoms with Gasteiger partial charge in [0.1, 0.15) is 0 Å². The van der Waals surface area contributed by atoms with Gasteiger partial charge in [-0.25, -0.2) is 0 Å². The third kappa shape index (κ3) is 3.74. The van der Waals surface area contributed by atoms with Crippen molar-refractivity contribution in [1.29, 1.82) is 0 Å². The van der Waals surface area contributed by atoms with Gasteiger partial charge in [-0.3, -0.25) is 4.79 Å². The quantitative estimate of drug-likeness (QED) is 0.561. The first-order valence-corrected chi connectivity index (χ1v) is 6.78. The number of anilines is 2. The van der Waals surface area contributed by atoms with Crippen molar-refractivity contribution in [1.82, 2.24) is 0 Å². The molecule has 0 saturated heterocycles. The number of nitrogen functional groups attached to an aromatic ring is 1. The van der Waals surface area contributed by atoms with E-state index >= 15 is 0 Å². The number of hydrogen-bond donors (Lipinski definition) is 3. The molecule has 0 aliphatic heterocycles. The van der Waals surface area contributed by atoms with Gasteiger partial charge in [0.05, 0.1) is 11.4 Å². The molecule has 0 fully saturated rings. The maximum atomic E-state index is 11.0. The summed E-state index contributed by atoms with van der Waals surface area (Å²) in [5.74, 6) is -0.453. The highest BCUT2D eigenvalue weighted by Gasteiger charge is 2.06. The Hall–Kier alpha value is -1.97. The maximum absolute atomic E-state index is 11.0. The fourth-order valence-electron chi connectivity index (χ4n) is 2.37. The van der Waals surface area contributed by atoms with E-state index in [-0.39, 0.29) is 0 Å². The lowest BCUT2D eigenvalue weighted by atomic mass is 9.97. The smallest absolute Gasteiger partial charge is 0.248 e. The van der Waals surface area contributed by atoms with Crippen LogP contribution in [0.2, 0.25) is 0 Å². The highest BCUT2D eigenvalue weighted by Crippen LogP contribution is 2.22. The molecule has 1 aromatic rings. The summed E-state index contributed by atoms with van der Waals surface area (Å²) in [4.78, 5) is 11.0. The highest BCUT2D eigenvalue weighted by atomic mass is 16.1. The summed E-state index contributed by atoms with van der Waals surface area (Å²) in [6, 6.07) is 5.12. The highest BCUT2D eigenvalue weighted by molar-refractivity contribution is 5.94. The first-order chi connectivity index (χ1) is 9.16. The van der Waals surface area contributed by atoms with E-state index in [1.807, 2.05) is 6.07 Å². The van der Waals surface area contributed by atoms with Crippen molar-refractivity contribution in [3.8, 4) is 0 Å². The number of rotatable bonds is 5. The van der Waals surface area contributed by atoms with Crippen LogP contribution in [0.5, 0.6) is 0 Å². The van der Waals surface area contributed by atoms with Gasteiger partial charge >= 0.3 is 0 Å². The molecule has 19 heavy (non-hydrogen) atoms. The molecule has 0 spiro atoms. The summed E-state index contributed by atoms with van der Waals surface area (Å²) >= 11 is 0. The van der Waals surface area contributed by atoms with Crippen LogP contribution >= 0.6 is 0 Å². The maximum Gasteiger partial charge on any atom is 0.248 e. The van der Waals surface area contributed by atoms with Crippen LogP contribution in [-0.4, -0.2) is 12.5 Å². The zero-order valence-electron chi connectivity index (χ0n) is 11.1. The molecule has 1 aliphatic carbocycles. The SMILES string of the molecule is NC(=O)c1ccc(NCCC2=CCCCC2)c(N)c1. The van der Waals surface area contributed by atoms with Crippen LogP contribution in [0.15, 0.2) is 29.8 Å². The van der Waals surface area contributed by atoms with E-state index in [1.165, 1.54) is 31.3 Å². The lowest BCUT2D eigenvalue weighted by Gasteiger charge is -2.14. The molecule has 0 radical (unpaired) electrons. The van der Waals surface area contributed by atoms with Crippen molar-refractivity contribution in [2.45, 2.75) is 32.1 Å². The molecule has 4 nitrogen and oxygen atoms in total. The van der Waals surface area contributed by atoms with Crippen LogP contribution < -0.4 is 16.8 Å².